The van der Waals surface area contributed by atoms with Crippen LogP contribution in [0.2, 0.25) is 6.32 Å². The first kappa shape index (κ1) is 49.0. The van der Waals surface area contributed by atoms with E-state index >= 15 is 0 Å². The van der Waals surface area contributed by atoms with Gasteiger partial charge in [0.05, 0.1) is 22.5 Å². The molecule has 2 aromatic heterocycles. The van der Waals surface area contributed by atoms with Crippen LogP contribution in [0.4, 0.5) is 33.5 Å². The quantitative estimate of drug-likeness (QED) is 0.0591. The van der Waals surface area contributed by atoms with Crippen molar-refractivity contribution in [2.75, 3.05) is 17.7 Å². The molecule has 1 radical (unpaired) electrons. The fourth-order valence-electron chi connectivity index (χ4n) is 4.68. The number of nitrogens with zero attached hydrogens (tertiary/aromatic N) is 3. The van der Waals surface area contributed by atoms with Crippen LogP contribution in [0.5, 0.6) is 0 Å². The summed E-state index contributed by atoms with van der Waals surface area (Å²) in [5.74, 6) is -0.948. The minimum Gasteiger partial charge on any atom is -0.433 e. The molecule has 8 nitrogen and oxygen atoms in total. The van der Waals surface area contributed by atoms with Gasteiger partial charge >= 0.3 is 6.18 Å². The molecule has 4 N–H and O–H groups in total. The number of carbonyl (C=O) groups is 1. The van der Waals surface area contributed by atoms with Gasteiger partial charge in [-0.3, -0.25) is 4.79 Å². The van der Waals surface area contributed by atoms with Gasteiger partial charge in [0.25, 0.3) is 13.4 Å². The zero-order valence-corrected chi connectivity index (χ0v) is 33.7. The molecule has 0 aliphatic rings. The molecular weight excluding hydrogens is 692 g/mol. The highest BCUT2D eigenvalue weighted by atomic mass is 19.4. The SMILES string of the molecule is CC.CC.C\C=C(C(=O)Nc1cc(C(F)(F)F)ccc1F)/C(/C=C\C[B]OC(C)(C)C(C)(C)O)=C(\C)CF.Cc1c(C)c2c(N)ncnn2c1C(C)C. The van der Waals surface area contributed by atoms with E-state index in [4.69, 9.17) is 10.4 Å². The highest BCUT2D eigenvalue weighted by Crippen LogP contribution is 2.33. The molecule has 0 fully saturated rings. The van der Waals surface area contributed by atoms with Crippen LogP contribution < -0.4 is 11.1 Å². The van der Waals surface area contributed by atoms with Crippen LogP contribution in [-0.4, -0.2) is 51.0 Å². The Hall–Kier alpha value is -4.04. The minimum absolute atomic E-state index is 0.0408. The number of aryl methyl sites for hydroxylation is 1. The summed E-state index contributed by atoms with van der Waals surface area (Å²) in [4.78, 5) is 16.8. The zero-order valence-electron chi connectivity index (χ0n) is 33.7. The first-order chi connectivity index (χ1) is 24.6. The molecule has 14 heteroatoms. The van der Waals surface area contributed by atoms with E-state index in [0.29, 0.717) is 29.9 Å². The molecule has 1 aromatic carbocycles. The Kier molecular flexibility index (Phi) is 20.0. The normalized spacial score (nSPS) is 12.7. The van der Waals surface area contributed by atoms with E-state index in [1.54, 1.807) is 33.8 Å². The number of carbonyl (C=O) groups excluding carboxylic acids is 1. The maximum absolute atomic E-state index is 14.1. The number of anilines is 2. The molecule has 0 atom stereocenters. The number of nitrogens with two attached hydrogens (primary N) is 1. The van der Waals surface area contributed by atoms with Crippen molar-refractivity contribution in [1.82, 2.24) is 14.6 Å². The van der Waals surface area contributed by atoms with Gasteiger partial charge in [0.15, 0.2) is 5.82 Å². The van der Waals surface area contributed by atoms with E-state index in [0.717, 1.165) is 5.52 Å². The number of alkyl halides is 4. The molecular formula is C39H58BF5N5O3. The first-order valence-corrected chi connectivity index (χ1v) is 17.7. The van der Waals surface area contributed by atoms with Crippen molar-refractivity contribution in [3.63, 3.8) is 0 Å². The van der Waals surface area contributed by atoms with Gasteiger partial charge in [-0.05, 0) is 108 Å². The highest BCUT2D eigenvalue weighted by molar-refractivity contribution is 6.28. The van der Waals surface area contributed by atoms with Gasteiger partial charge in [-0.15, -0.1) is 0 Å². The summed E-state index contributed by atoms with van der Waals surface area (Å²) in [6, 6.07) is 1.68. The second kappa shape index (κ2) is 21.6. The van der Waals surface area contributed by atoms with Gasteiger partial charge in [-0.2, -0.15) is 18.3 Å². The van der Waals surface area contributed by atoms with Crippen molar-refractivity contribution in [1.29, 1.82) is 0 Å². The molecule has 1 amide bonds. The standard InChI is InChI=1S/C24H30BF5NO3.C11H16N4.2C2H6/c1-7-17(21(32)31-20-13-16(24(28,29)30)10-11-19(20)27)18(15(2)14-26)9-8-12-25-34-23(5,6)22(3,4)33;1-6(2)9-7(3)8(4)10-11(12)13-5-14-15(9)10;2*1-2/h7-11,13,33H,12,14H2,1-6H3,(H,31,32);5-6H,1-4H3,(H2,12,13,14);2*1-2H3/b9-8-,17-7+,18-15+;;;. The predicted molar refractivity (Wildman–Crippen MR) is 207 cm³/mol. The van der Waals surface area contributed by atoms with Crippen molar-refractivity contribution >= 4 is 30.4 Å². The second-order valence-corrected chi connectivity index (χ2v) is 12.9. The van der Waals surface area contributed by atoms with Crippen LogP contribution in [0.3, 0.4) is 0 Å². The lowest BCUT2D eigenvalue weighted by Crippen LogP contribution is -2.47. The molecule has 0 spiro atoms. The predicted octanol–water partition coefficient (Wildman–Crippen LogP) is 10.3. The lowest BCUT2D eigenvalue weighted by Gasteiger charge is -2.37. The number of amides is 1. The molecule has 0 aliphatic carbocycles. The smallest absolute Gasteiger partial charge is 0.416 e. The lowest BCUT2D eigenvalue weighted by molar-refractivity contribution is -0.137. The summed E-state index contributed by atoms with van der Waals surface area (Å²) in [7, 11) is 1.45. The number of nitrogens with one attached hydrogen (secondary N) is 1. The Balaban J connectivity index is 0.00000117. The number of fused-ring (bicyclic) bond motifs is 1. The fourth-order valence-corrected chi connectivity index (χ4v) is 4.68. The molecule has 2 heterocycles. The van der Waals surface area contributed by atoms with E-state index in [2.05, 4.69) is 43.1 Å². The third-order valence-corrected chi connectivity index (χ3v) is 8.29. The first-order valence-electron chi connectivity index (χ1n) is 17.7. The van der Waals surface area contributed by atoms with Gasteiger partial charge in [-0.25, -0.2) is 18.3 Å². The van der Waals surface area contributed by atoms with Crippen molar-refractivity contribution in [2.24, 2.45) is 0 Å². The number of hydrogen-bond donors (Lipinski definition) is 3. The Morgan fingerprint density at radius 3 is 2.17 bits per heavy atom. The topological polar surface area (TPSA) is 115 Å². The molecule has 0 saturated heterocycles. The number of aromatic nitrogens is 3. The third-order valence-electron chi connectivity index (χ3n) is 8.29. The Labute approximate surface area is 313 Å². The van der Waals surface area contributed by atoms with Crippen LogP contribution in [0.25, 0.3) is 5.52 Å². The number of nitrogen functional groups attached to an aromatic ring is 1. The van der Waals surface area contributed by atoms with Gasteiger partial charge in [0.1, 0.15) is 24.3 Å². The van der Waals surface area contributed by atoms with E-state index in [-0.39, 0.29) is 23.0 Å². The summed E-state index contributed by atoms with van der Waals surface area (Å²) < 4.78 is 73.8. The number of allylic oxidation sites excluding steroid dienone is 4. The van der Waals surface area contributed by atoms with Crippen molar-refractivity contribution in [3.05, 3.63) is 87.7 Å². The van der Waals surface area contributed by atoms with Crippen molar-refractivity contribution in [3.8, 4) is 0 Å². The molecule has 0 unspecified atom stereocenters. The van der Waals surface area contributed by atoms with Crippen LogP contribution in [0.15, 0.2) is 59.5 Å². The van der Waals surface area contributed by atoms with Crippen LogP contribution in [0.1, 0.15) is 111 Å². The number of rotatable bonds is 11. The molecule has 3 aromatic rings. The van der Waals surface area contributed by atoms with Gasteiger partial charge in [0.2, 0.25) is 0 Å². The summed E-state index contributed by atoms with van der Waals surface area (Å²) in [5, 5.41) is 16.5. The molecule has 53 heavy (non-hydrogen) atoms. The fraction of sp³-hybridized carbons (Fsp3) is 0.513. The van der Waals surface area contributed by atoms with Crippen LogP contribution in [0, 0.1) is 19.7 Å². The molecule has 0 saturated carbocycles. The van der Waals surface area contributed by atoms with Crippen molar-refractivity contribution < 1.29 is 36.5 Å². The summed E-state index contributed by atoms with van der Waals surface area (Å²) in [5.41, 5.74) is 7.07. The average Bonchev–Trinajstić information content (AvgIpc) is 3.35. The molecule has 3 rings (SSSR count). The number of benzene rings is 1. The zero-order chi connectivity index (χ0) is 41.5. The Morgan fingerprint density at radius 1 is 1.09 bits per heavy atom. The number of halogens is 5. The lowest BCUT2D eigenvalue weighted by atomic mass is 9.85. The maximum Gasteiger partial charge on any atom is 0.416 e. The van der Waals surface area contributed by atoms with Crippen LogP contribution in [-0.2, 0) is 15.6 Å². The van der Waals surface area contributed by atoms with Gasteiger partial charge < -0.3 is 20.8 Å². The molecule has 295 valence electrons. The van der Waals surface area contributed by atoms with E-state index in [9.17, 15) is 31.9 Å². The Bertz CT molecular complexity index is 1720. The summed E-state index contributed by atoms with van der Waals surface area (Å²) >= 11 is 0. The number of aliphatic hydroxyl groups is 1. The van der Waals surface area contributed by atoms with E-state index in [1.807, 2.05) is 32.2 Å². The summed E-state index contributed by atoms with van der Waals surface area (Å²) in [6.45, 7) is 25.2. The van der Waals surface area contributed by atoms with E-state index in [1.165, 1.54) is 56.6 Å². The number of hydrogen-bond acceptors (Lipinski definition) is 6. The monoisotopic (exact) mass is 750 g/mol. The molecule has 0 bridgehead atoms. The minimum atomic E-state index is -4.71. The average molecular weight is 751 g/mol. The summed E-state index contributed by atoms with van der Waals surface area (Å²) in [6.07, 6.45) is 1.47. The largest absolute Gasteiger partial charge is 0.433 e. The van der Waals surface area contributed by atoms with E-state index < -0.39 is 47.0 Å². The van der Waals surface area contributed by atoms with Crippen molar-refractivity contribution in [2.45, 2.75) is 127 Å². The second-order valence-electron chi connectivity index (χ2n) is 12.9. The Morgan fingerprint density at radius 2 is 1.68 bits per heavy atom. The third kappa shape index (κ3) is 13.4. The molecule has 0 aliphatic heterocycles. The highest BCUT2D eigenvalue weighted by Gasteiger charge is 2.35. The maximum atomic E-state index is 14.1. The van der Waals surface area contributed by atoms with Crippen LogP contribution >= 0.6 is 0 Å². The van der Waals surface area contributed by atoms with Gasteiger partial charge in [-0.1, -0.05) is 59.8 Å². The van der Waals surface area contributed by atoms with Gasteiger partial charge in [0, 0.05) is 11.3 Å².